The van der Waals surface area contributed by atoms with Crippen LogP contribution in [0, 0.1) is 0 Å². The van der Waals surface area contributed by atoms with Crippen LogP contribution in [-0.2, 0) is 15.0 Å². The Morgan fingerprint density at radius 3 is 2.61 bits per heavy atom. The lowest BCUT2D eigenvalue weighted by molar-refractivity contribution is -0.131. The molecule has 3 atom stereocenters. The van der Waals surface area contributed by atoms with Crippen LogP contribution in [0.3, 0.4) is 0 Å². The molecule has 0 saturated carbocycles. The highest BCUT2D eigenvalue weighted by molar-refractivity contribution is 6.31. The van der Waals surface area contributed by atoms with Gasteiger partial charge in [-0.1, -0.05) is 54.7 Å². The van der Waals surface area contributed by atoms with Crippen LogP contribution < -0.4 is 10.2 Å². The number of unbranched alkanes of at least 4 members (excludes halogenated alkanes) is 1. The normalized spacial score (nSPS) is 24.7. The highest BCUT2D eigenvalue weighted by Crippen LogP contribution is 2.54. The fraction of sp³-hybridized carbons (Fsp3) is 0.417. The van der Waals surface area contributed by atoms with Crippen LogP contribution in [0.15, 0.2) is 42.5 Å². The Morgan fingerprint density at radius 2 is 1.94 bits per heavy atom. The number of amides is 2. The van der Waals surface area contributed by atoms with Gasteiger partial charge in [0, 0.05) is 48.8 Å². The maximum atomic E-state index is 14.1. The van der Waals surface area contributed by atoms with Crippen LogP contribution in [-0.4, -0.2) is 49.9 Å². The van der Waals surface area contributed by atoms with Crippen LogP contribution in [0.25, 0.3) is 0 Å². The zero-order valence-corrected chi connectivity index (χ0v) is 19.5. The fourth-order valence-corrected chi connectivity index (χ4v) is 5.41. The first-order valence-electron chi connectivity index (χ1n) is 10.6. The molecule has 2 amide bonds. The molecule has 5 nitrogen and oxygen atoms in total. The van der Waals surface area contributed by atoms with Gasteiger partial charge in [0.05, 0.1) is 11.5 Å². The number of fused-ring (bicyclic) bond motifs is 2. The van der Waals surface area contributed by atoms with Crippen molar-refractivity contribution in [1.82, 2.24) is 10.2 Å². The van der Waals surface area contributed by atoms with Gasteiger partial charge in [-0.05, 0) is 41.8 Å². The number of benzene rings is 2. The molecule has 164 valence electrons. The quantitative estimate of drug-likeness (QED) is 0.727. The van der Waals surface area contributed by atoms with Gasteiger partial charge in [0.15, 0.2) is 0 Å². The predicted octanol–water partition coefficient (Wildman–Crippen LogP) is 4.22. The number of carbonyl (C=O) groups excluding carboxylic acids is 2. The third-order valence-corrected chi connectivity index (χ3v) is 6.94. The molecule has 0 radical (unpaired) electrons. The van der Waals surface area contributed by atoms with E-state index in [1.54, 1.807) is 25.1 Å². The lowest BCUT2D eigenvalue weighted by Crippen LogP contribution is -2.47. The first-order valence-corrected chi connectivity index (χ1v) is 11.4. The Hall–Kier alpha value is -2.08. The molecular weight excluding hydrogens is 433 g/mol. The third-order valence-electron chi connectivity index (χ3n) is 6.47. The number of nitrogens with one attached hydrogen (secondary N) is 1. The molecule has 7 heteroatoms. The van der Waals surface area contributed by atoms with Crippen LogP contribution in [0.1, 0.15) is 36.8 Å². The zero-order chi connectivity index (χ0) is 22.3. The van der Waals surface area contributed by atoms with Gasteiger partial charge in [-0.15, -0.1) is 0 Å². The van der Waals surface area contributed by atoms with Crippen molar-refractivity contribution < 1.29 is 9.59 Å². The summed E-state index contributed by atoms with van der Waals surface area (Å²) in [5.41, 5.74) is 1.75. The molecule has 0 aliphatic carbocycles. The van der Waals surface area contributed by atoms with E-state index in [0.717, 1.165) is 29.7 Å². The molecule has 2 aromatic carbocycles. The van der Waals surface area contributed by atoms with Crippen molar-refractivity contribution in [2.24, 2.45) is 0 Å². The van der Waals surface area contributed by atoms with Crippen LogP contribution in [0.5, 0.6) is 0 Å². The van der Waals surface area contributed by atoms with Crippen molar-refractivity contribution in [2.45, 2.75) is 37.1 Å². The van der Waals surface area contributed by atoms with E-state index in [0.29, 0.717) is 23.1 Å². The van der Waals surface area contributed by atoms with Gasteiger partial charge >= 0.3 is 0 Å². The standard InChI is InChI=1S/C24H27Cl2N3O2/c1-4-5-11-29-19-13-17(26)9-10-18(19)24(23(29)31)14-27-21(22(30)28(2)3)20(24)15-7-6-8-16(25)12-15/h6-10,12-13,20-21,27H,4-5,11,14H2,1-3H3/t20-,21+,24?/m0/s1. The molecule has 1 saturated heterocycles. The molecule has 0 aromatic heterocycles. The van der Waals surface area contributed by atoms with Crippen LogP contribution in [0.4, 0.5) is 5.69 Å². The predicted molar refractivity (Wildman–Crippen MR) is 125 cm³/mol. The lowest BCUT2D eigenvalue weighted by Gasteiger charge is -2.33. The summed E-state index contributed by atoms with van der Waals surface area (Å²) < 4.78 is 0. The second kappa shape index (κ2) is 8.45. The average molecular weight is 460 g/mol. The smallest absolute Gasteiger partial charge is 0.239 e. The minimum atomic E-state index is -0.894. The molecule has 1 unspecified atom stereocenters. The van der Waals surface area contributed by atoms with E-state index in [1.807, 2.05) is 41.3 Å². The van der Waals surface area contributed by atoms with E-state index in [1.165, 1.54) is 0 Å². The Labute approximate surface area is 193 Å². The summed E-state index contributed by atoms with van der Waals surface area (Å²) in [6.07, 6.45) is 1.87. The number of halogens is 2. The summed E-state index contributed by atoms with van der Waals surface area (Å²) in [5, 5.41) is 4.56. The summed E-state index contributed by atoms with van der Waals surface area (Å²) in [7, 11) is 3.48. The SMILES string of the molecule is CCCCN1C(=O)C2(CN[C@@H](C(=O)N(C)C)[C@@H]2c2cccc(Cl)c2)c2ccc(Cl)cc21. The Balaban J connectivity index is 1.92. The average Bonchev–Trinajstić information content (AvgIpc) is 3.23. The monoisotopic (exact) mass is 459 g/mol. The van der Waals surface area contributed by atoms with Crippen LogP contribution >= 0.6 is 23.2 Å². The zero-order valence-electron chi connectivity index (χ0n) is 18.0. The molecule has 1 N–H and O–H groups in total. The van der Waals surface area contributed by atoms with Gasteiger partial charge < -0.3 is 15.1 Å². The number of carbonyl (C=O) groups is 2. The van der Waals surface area contributed by atoms with Crippen molar-refractivity contribution in [1.29, 1.82) is 0 Å². The summed E-state index contributed by atoms with van der Waals surface area (Å²) in [6.45, 7) is 3.11. The van der Waals surface area contributed by atoms with Gasteiger partial charge in [0.2, 0.25) is 11.8 Å². The summed E-state index contributed by atoms with van der Waals surface area (Å²) in [5.74, 6) is -0.429. The van der Waals surface area contributed by atoms with Crippen LogP contribution in [0.2, 0.25) is 10.0 Å². The molecule has 0 bridgehead atoms. The molecule has 4 rings (SSSR count). The molecular formula is C24H27Cl2N3O2. The second-order valence-electron chi connectivity index (χ2n) is 8.57. The second-order valence-corrected chi connectivity index (χ2v) is 9.44. The fourth-order valence-electron chi connectivity index (χ4n) is 5.05. The van der Waals surface area contributed by atoms with Gasteiger partial charge in [-0.25, -0.2) is 0 Å². The Kier molecular flexibility index (Phi) is 6.03. The number of likely N-dealkylation sites (N-methyl/N-ethyl adjacent to an activating group) is 1. The molecule has 31 heavy (non-hydrogen) atoms. The van der Waals surface area contributed by atoms with Gasteiger partial charge in [0.25, 0.3) is 0 Å². The maximum Gasteiger partial charge on any atom is 0.239 e. The van der Waals surface area contributed by atoms with Crippen molar-refractivity contribution in [3.63, 3.8) is 0 Å². The topological polar surface area (TPSA) is 52.7 Å². The Morgan fingerprint density at radius 1 is 1.19 bits per heavy atom. The van der Waals surface area contributed by atoms with E-state index in [-0.39, 0.29) is 17.7 Å². The number of hydrogen-bond donors (Lipinski definition) is 1. The number of rotatable bonds is 5. The molecule has 2 aliphatic heterocycles. The van der Waals surface area contributed by atoms with Gasteiger partial charge in [-0.3, -0.25) is 9.59 Å². The first-order chi connectivity index (χ1) is 14.8. The molecule has 2 heterocycles. The largest absolute Gasteiger partial charge is 0.347 e. The molecule has 1 spiro atoms. The van der Waals surface area contributed by atoms with E-state index < -0.39 is 11.5 Å². The van der Waals surface area contributed by atoms with Crippen molar-refractivity contribution in [3.05, 3.63) is 63.6 Å². The molecule has 2 aromatic rings. The van der Waals surface area contributed by atoms with Crippen molar-refractivity contribution in [3.8, 4) is 0 Å². The first kappa shape index (κ1) is 22.1. The summed E-state index contributed by atoms with van der Waals surface area (Å²) in [4.78, 5) is 30.7. The number of hydrogen-bond acceptors (Lipinski definition) is 3. The van der Waals surface area contributed by atoms with Gasteiger partial charge in [0.1, 0.15) is 0 Å². The molecule has 1 fully saturated rings. The lowest BCUT2D eigenvalue weighted by atomic mass is 9.68. The van der Waals surface area contributed by atoms with E-state index in [4.69, 9.17) is 23.2 Å². The van der Waals surface area contributed by atoms with Crippen molar-refractivity contribution in [2.75, 3.05) is 32.1 Å². The highest BCUT2D eigenvalue weighted by atomic mass is 35.5. The van der Waals surface area contributed by atoms with E-state index >= 15 is 0 Å². The highest BCUT2D eigenvalue weighted by Gasteiger charge is 2.62. The third kappa shape index (κ3) is 3.53. The summed E-state index contributed by atoms with van der Waals surface area (Å²) >= 11 is 12.7. The Bertz CT molecular complexity index is 1030. The minimum absolute atomic E-state index is 0.0183. The number of anilines is 1. The maximum absolute atomic E-state index is 14.1. The minimum Gasteiger partial charge on any atom is -0.347 e. The van der Waals surface area contributed by atoms with E-state index in [2.05, 4.69) is 12.2 Å². The van der Waals surface area contributed by atoms with Gasteiger partial charge in [-0.2, -0.15) is 0 Å². The summed E-state index contributed by atoms with van der Waals surface area (Å²) in [6, 6.07) is 12.6. The van der Waals surface area contributed by atoms with E-state index in [9.17, 15) is 9.59 Å². The molecule has 2 aliphatic rings. The van der Waals surface area contributed by atoms with Crippen molar-refractivity contribution >= 4 is 40.7 Å². The number of nitrogens with zero attached hydrogens (tertiary/aromatic N) is 2.